The van der Waals surface area contributed by atoms with Crippen LogP contribution in [0.15, 0.2) is 71.5 Å². The standard InChI is InChI=1S/C27H19F3N2O4/c28-18-4-1-15-3-6-26(34)32(23(15)13-18)8-7-31-25(33)14-24-21-5-2-16(11-22(21)27(35)36-24)17-9-19(29)12-20(30)10-17/h1-6,9-13,24H,7-8,14H2,(H,31,33). The number of carbonyl (C=O) groups excluding carboxylic acids is 2. The van der Waals surface area contributed by atoms with Gasteiger partial charge in [0.1, 0.15) is 23.6 Å². The van der Waals surface area contributed by atoms with Gasteiger partial charge >= 0.3 is 5.97 Å². The minimum atomic E-state index is -0.819. The van der Waals surface area contributed by atoms with Gasteiger partial charge in [-0.05, 0) is 59.0 Å². The molecule has 182 valence electrons. The van der Waals surface area contributed by atoms with Crippen molar-refractivity contribution in [3.05, 3.63) is 106 Å². The van der Waals surface area contributed by atoms with Gasteiger partial charge in [-0.15, -0.1) is 0 Å². The van der Waals surface area contributed by atoms with Crippen LogP contribution in [0.3, 0.4) is 0 Å². The summed E-state index contributed by atoms with van der Waals surface area (Å²) in [7, 11) is 0. The zero-order valence-electron chi connectivity index (χ0n) is 18.8. The Kier molecular flexibility index (Phi) is 6.05. The maximum atomic E-state index is 13.7. The van der Waals surface area contributed by atoms with E-state index in [1.54, 1.807) is 24.3 Å². The Bertz CT molecular complexity index is 1560. The van der Waals surface area contributed by atoms with Crippen LogP contribution in [-0.4, -0.2) is 23.0 Å². The van der Waals surface area contributed by atoms with Crippen molar-refractivity contribution in [2.45, 2.75) is 19.1 Å². The third-order valence-electron chi connectivity index (χ3n) is 6.05. The largest absolute Gasteiger partial charge is 0.453 e. The van der Waals surface area contributed by atoms with Crippen molar-refractivity contribution < 1.29 is 27.5 Å². The number of fused-ring (bicyclic) bond motifs is 2. The van der Waals surface area contributed by atoms with E-state index in [0.717, 1.165) is 18.2 Å². The first-order valence-electron chi connectivity index (χ1n) is 11.2. The molecule has 1 aliphatic rings. The summed E-state index contributed by atoms with van der Waals surface area (Å²) in [5.74, 6) is -2.99. The summed E-state index contributed by atoms with van der Waals surface area (Å²) in [6.45, 7) is 0.228. The van der Waals surface area contributed by atoms with Crippen molar-refractivity contribution in [2.24, 2.45) is 0 Å². The third-order valence-corrected chi connectivity index (χ3v) is 6.05. The lowest BCUT2D eigenvalue weighted by Gasteiger charge is -2.13. The van der Waals surface area contributed by atoms with Gasteiger partial charge < -0.3 is 14.6 Å². The molecule has 1 unspecified atom stereocenters. The maximum Gasteiger partial charge on any atom is 0.339 e. The summed E-state index contributed by atoms with van der Waals surface area (Å²) in [5.41, 5.74) is 1.52. The molecule has 0 aliphatic carbocycles. The van der Waals surface area contributed by atoms with Gasteiger partial charge in [0.05, 0.1) is 17.5 Å². The highest BCUT2D eigenvalue weighted by molar-refractivity contribution is 5.96. The monoisotopic (exact) mass is 492 g/mol. The molecule has 1 aromatic heterocycles. The fraction of sp³-hybridized carbons (Fsp3) is 0.148. The lowest BCUT2D eigenvalue weighted by atomic mass is 9.97. The number of rotatable bonds is 6. The normalized spacial score (nSPS) is 14.5. The molecule has 1 N–H and O–H groups in total. The number of ether oxygens (including phenoxy) is 1. The summed E-state index contributed by atoms with van der Waals surface area (Å²) in [6, 6.07) is 14.9. The predicted octanol–water partition coefficient (Wildman–Crippen LogP) is 4.50. The molecule has 0 saturated carbocycles. The average molecular weight is 492 g/mol. The quantitative estimate of drug-likeness (QED) is 0.402. The highest BCUT2D eigenvalue weighted by Crippen LogP contribution is 2.36. The van der Waals surface area contributed by atoms with E-state index in [-0.39, 0.29) is 36.2 Å². The van der Waals surface area contributed by atoms with Crippen molar-refractivity contribution >= 4 is 22.8 Å². The molecule has 1 aliphatic heterocycles. The number of hydrogen-bond acceptors (Lipinski definition) is 4. The van der Waals surface area contributed by atoms with E-state index >= 15 is 0 Å². The summed E-state index contributed by atoms with van der Waals surface area (Å²) in [6.07, 6.45) is -0.966. The summed E-state index contributed by atoms with van der Waals surface area (Å²) < 4.78 is 47.6. The summed E-state index contributed by atoms with van der Waals surface area (Å²) in [4.78, 5) is 37.2. The van der Waals surface area contributed by atoms with E-state index in [1.165, 1.54) is 28.8 Å². The molecule has 0 saturated heterocycles. The lowest BCUT2D eigenvalue weighted by Crippen LogP contribution is -2.31. The summed E-state index contributed by atoms with van der Waals surface area (Å²) >= 11 is 0. The van der Waals surface area contributed by atoms with Crippen LogP contribution in [-0.2, 0) is 16.1 Å². The Morgan fingerprint density at radius 3 is 2.39 bits per heavy atom. The van der Waals surface area contributed by atoms with Crippen molar-refractivity contribution in [1.82, 2.24) is 9.88 Å². The SMILES string of the molecule is O=C(CC1OC(=O)c2cc(-c3cc(F)cc(F)c3)ccc21)NCCn1c(=O)ccc2ccc(F)cc21. The number of esters is 1. The first kappa shape index (κ1) is 23.3. The topological polar surface area (TPSA) is 77.4 Å². The molecular formula is C27H19F3N2O4. The van der Waals surface area contributed by atoms with Gasteiger partial charge in [-0.1, -0.05) is 12.1 Å². The number of pyridine rings is 1. The average Bonchev–Trinajstić information content (AvgIpc) is 3.14. The molecule has 9 heteroatoms. The van der Waals surface area contributed by atoms with Crippen LogP contribution >= 0.6 is 0 Å². The highest BCUT2D eigenvalue weighted by Gasteiger charge is 2.32. The van der Waals surface area contributed by atoms with E-state index in [2.05, 4.69) is 5.32 Å². The Hall–Kier alpha value is -4.40. The number of halogens is 3. The number of nitrogens with one attached hydrogen (secondary N) is 1. The minimum absolute atomic E-state index is 0.103. The van der Waals surface area contributed by atoms with Crippen LogP contribution in [0, 0.1) is 17.5 Å². The van der Waals surface area contributed by atoms with Crippen LogP contribution in [0.2, 0.25) is 0 Å². The fourth-order valence-electron chi connectivity index (χ4n) is 4.36. The van der Waals surface area contributed by atoms with Gasteiger partial charge in [-0.3, -0.25) is 9.59 Å². The smallest absolute Gasteiger partial charge is 0.339 e. The molecule has 0 fully saturated rings. The molecular weight excluding hydrogens is 473 g/mol. The second-order valence-corrected chi connectivity index (χ2v) is 8.43. The number of hydrogen-bond donors (Lipinski definition) is 1. The molecule has 5 rings (SSSR count). The molecule has 3 aromatic carbocycles. The predicted molar refractivity (Wildman–Crippen MR) is 126 cm³/mol. The maximum absolute atomic E-state index is 13.7. The van der Waals surface area contributed by atoms with Gasteiger partial charge in [0.25, 0.3) is 5.56 Å². The number of cyclic esters (lactones) is 1. The van der Waals surface area contributed by atoms with Gasteiger partial charge in [0.15, 0.2) is 0 Å². The Balaban J connectivity index is 1.26. The Labute approximate surface area is 202 Å². The Morgan fingerprint density at radius 2 is 1.61 bits per heavy atom. The number of nitrogens with zero attached hydrogens (tertiary/aromatic N) is 1. The molecule has 0 radical (unpaired) electrons. The van der Waals surface area contributed by atoms with Crippen LogP contribution in [0.5, 0.6) is 0 Å². The molecule has 6 nitrogen and oxygen atoms in total. The molecule has 0 spiro atoms. The second kappa shape index (κ2) is 9.33. The van der Waals surface area contributed by atoms with Gasteiger partial charge in [-0.25, -0.2) is 18.0 Å². The van der Waals surface area contributed by atoms with E-state index < -0.39 is 35.4 Å². The Morgan fingerprint density at radius 1 is 0.861 bits per heavy atom. The minimum Gasteiger partial charge on any atom is -0.453 e. The van der Waals surface area contributed by atoms with Crippen LogP contribution < -0.4 is 10.9 Å². The lowest BCUT2D eigenvalue weighted by molar-refractivity contribution is -0.123. The molecule has 1 atom stereocenters. The molecule has 4 aromatic rings. The van der Waals surface area contributed by atoms with Crippen molar-refractivity contribution in [3.63, 3.8) is 0 Å². The van der Waals surface area contributed by atoms with Crippen molar-refractivity contribution in [1.29, 1.82) is 0 Å². The van der Waals surface area contributed by atoms with Gasteiger partial charge in [-0.2, -0.15) is 0 Å². The summed E-state index contributed by atoms with van der Waals surface area (Å²) in [5, 5.41) is 3.38. The number of aromatic nitrogens is 1. The zero-order chi connectivity index (χ0) is 25.4. The molecule has 0 bridgehead atoms. The number of amides is 1. The second-order valence-electron chi connectivity index (χ2n) is 8.43. The molecule has 36 heavy (non-hydrogen) atoms. The van der Waals surface area contributed by atoms with Crippen LogP contribution in [0.4, 0.5) is 13.2 Å². The van der Waals surface area contributed by atoms with Crippen molar-refractivity contribution in [3.8, 4) is 11.1 Å². The highest BCUT2D eigenvalue weighted by atomic mass is 19.1. The van der Waals surface area contributed by atoms with E-state index in [1.807, 2.05) is 0 Å². The fourth-order valence-corrected chi connectivity index (χ4v) is 4.36. The third kappa shape index (κ3) is 4.59. The van der Waals surface area contributed by atoms with Crippen LogP contribution in [0.25, 0.3) is 22.0 Å². The first-order valence-corrected chi connectivity index (χ1v) is 11.2. The van der Waals surface area contributed by atoms with E-state index in [9.17, 15) is 27.6 Å². The first-order chi connectivity index (χ1) is 17.3. The van der Waals surface area contributed by atoms with Crippen molar-refractivity contribution in [2.75, 3.05) is 6.54 Å². The number of benzene rings is 3. The molecule has 1 amide bonds. The van der Waals surface area contributed by atoms with E-state index in [0.29, 0.717) is 22.0 Å². The number of carbonyl (C=O) groups is 2. The van der Waals surface area contributed by atoms with E-state index in [4.69, 9.17) is 4.74 Å². The molecule has 2 heterocycles. The van der Waals surface area contributed by atoms with Gasteiger partial charge in [0, 0.05) is 30.8 Å². The van der Waals surface area contributed by atoms with Gasteiger partial charge in [0.2, 0.25) is 5.91 Å². The zero-order valence-corrected chi connectivity index (χ0v) is 18.8. The van der Waals surface area contributed by atoms with Crippen LogP contribution in [0.1, 0.15) is 28.4 Å².